The van der Waals surface area contributed by atoms with Crippen LogP contribution >= 0.6 is 15.6 Å². The molecule has 0 spiro atoms. The molecule has 0 radical (unpaired) electrons. The van der Waals surface area contributed by atoms with Crippen LogP contribution in [0.2, 0.25) is 0 Å². The third kappa shape index (κ3) is 55.7. The molecule has 0 amide bonds. The van der Waals surface area contributed by atoms with E-state index in [4.69, 9.17) is 37.0 Å². The number of carbonyl (C=O) groups excluding carboxylic acids is 4. The number of hydrogen-bond acceptors (Lipinski definition) is 15. The molecule has 0 bridgehead atoms. The number of rotatable bonds is 62. The summed E-state index contributed by atoms with van der Waals surface area (Å²) < 4.78 is 67.9. The Morgan fingerprint density at radius 3 is 0.877 bits per heavy atom. The van der Waals surface area contributed by atoms with Gasteiger partial charge in [0.15, 0.2) is 12.2 Å². The summed E-state index contributed by atoms with van der Waals surface area (Å²) in [5.74, 6) is -1.37. The molecule has 6 atom stereocenters. The zero-order valence-electron chi connectivity index (χ0n) is 51.9. The highest BCUT2D eigenvalue weighted by Crippen LogP contribution is 2.45. The van der Waals surface area contributed by atoms with Crippen LogP contribution in [0.1, 0.15) is 311 Å². The number of aliphatic hydroxyl groups is 1. The molecule has 0 aliphatic rings. The molecule has 0 fully saturated rings. The van der Waals surface area contributed by atoms with Gasteiger partial charge in [0.05, 0.1) is 26.4 Å². The predicted octanol–water partition coefficient (Wildman–Crippen LogP) is 17.0. The van der Waals surface area contributed by atoms with E-state index in [0.29, 0.717) is 25.7 Å². The lowest BCUT2D eigenvalue weighted by atomic mass is 9.99. The molecule has 3 unspecified atom stereocenters. The molecule has 19 heteroatoms. The lowest BCUT2D eigenvalue weighted by molar-refractivity contribution is -0.161. The van der Waals surface area contributed by atoms with Gasteiger partial charge < -0.3 is 33.8 Å². The monoisotopic (exact) mass is 1200 g/mol. The summed E-state index contributed by atoms with van der Waals surface area (Å²) in [5.41, 5.74) is 0. The Morgan fingerprint density at radius 1 is 0.346 bits per heavy atom. The van der Waals surface area contributed by atoms with E-state index < -0.39 is 97.5 Å². The van der Waals surface area contributed by atoms with Crippen molar-refractivity contribution >= 4 is 39.5 Å². The van der Waals surface area contributed by atoms with Gasteiger partial charge in [-0.1, -0.05) is 259 Å². The highest BCUT2D eigenvalue weighted by molar-refractivity contribution is 7.47. The molecule has 81 heavy (non-hydrogen) atoms. The highest BCUT2D eigenvalue weighted by atomic mass is 31.2. The van der Waals surface area contributed by atoms with E-state index in [2.05, 4.69) is 34.6 Å². The summed E-state index contributed by atoms with van der Waals surface area (Å²) in [7, 11) is -9.88. The summed E-state index contributed by atoms with van der Waals surface area (Å²) in [6, 6.07) is 0. The van der Waals surface area contributed by atoms with Crippen LogP contribution in [0.5, 0.6) is 0 Å². The highest BCUT2D eigenvalue weighted by Gasteiger charge is 2.30. The minimum atomic E-state index is -4.94. The Bertz CT molecular complexity index is 1590. The first-order chi connectivity index (χ1) is 39.1. The van der Waals surface area contributed by atoms with E-state index in [1.807, 2.05) is 0 Å². The van der Waals surface area contributed by atoms with Crippen LogP contribution < -0.4 is 0 Å². The second-order valence-electron chi connectivity index (χ2n) is 22.7. The van der Waals surface area contributed by atoms with Crippen molar-refractivity contribution < 1.29 is 80.2 Å². The van der Waals surface area contributed by atoms with Crippen LogP contribution in [0, 0.1) is 5.92 Å². The third-order valence-corrected chi connectivity index (χ3v) is 16.5. The summed E-state index contributed by atoms with van der Waals surface area (Å²) in [6.45, 7) is 7.14. The van der Waals surface area contributed by atoms with E-state index >= 15 is 0 Å². The molecule has 0 aliphatic heterocycles. The van der Waals surface area contributed by atoms with E-state index in [0.717, 1.165) is 95.8 Å². The summed E-state index contributed by atoms with van der Waals surface area (Å²) in [4.78, 5) is 72.0. The van der Waals surface area contributed by atoms with Gasteiger partial charge in [-0.3, -0.25) is 37.3 Å². The zero-order valence-corrected chi connectivity index (χ0v) is 53.7. The maximum Gasteiger partial charge on any atom is 0.472 e. The molecular weight excluding hydrogens is 1080 g/mol. The zero-order chi connectivity index (χ0) is 59.9. The first kappa shape index (κ1) is 79.1. The Hall–Kier alpha value is -1.94. The molecule has 17 nitrogen and oxygen atoms in total. The fourth-order valence-corrected chi connectivity index (χ4v) is 10.8. The number of esters is 4. The standard InChI is InChI=1S/C62H120O17P2/c1-6-10-13-16-19-22-23-26-31-36-41-46-60(65)73-52-58(79-62(67)48-43-38-33-28-27-29-34-39-44-55(5)9-4)54-77-81(70,71)75-50-56(63)49-74-80(68,69)76-53-57(78-61(66)47-42-37-32-25-21-18-15-12-8-3)51-72-59(64)45-40-35-30-24-20-17-14-11-7-2/h55-58,63H,6-54H2,1-5H3,(H,68,69)(H,70,71)/t55?,56-,57+,58+/m0/s1. The molecular formula is C62H120O17P2. The smallest absolute Gasteiger partial charge is 0.462 e. The maximum atomic E-state index is 13.0. The van der Waals surface area contributed by atoms with Crippen LogP contribution in [0.4, 0.5) is 0 Å². The number of hydrogen-bond donors (Lipinski definition) is 3. The van der Waals surface area contributed by atoms with Gasteiger partial charge in [-0.05, 0) is 31.6 Å². The number of unbranched alkanes of at least 4 members (excludes halogenated alkanes) is 33. The van der Waals surface area contributed by atoms with Gasteiger partial charge in [0.2, 0.25) is 0 Å². The fourth-order valence-electron chi connectivity index (χ4n) is 9.20. The SMILES string of the molecule is CCCCCCCCCCCCCC(=O)OC[C@H](COP(=O)(O)OC[C@@H](O)COP(=O)(O)OC[C@@H](COC(=O)CCCCCCCCCCC)OC(=O)CCCCCCCCCCC)OC(=O)CCCCCCCCCCC(C)CC. The van der Waals surface area contributed by atoms with Gasteiger partial charge in [0, 0.05) is 25.7 Å². The Kier molecular flexibility index (Phi) is 54.6. The van der Waals surface area contributed by atoms with Crippen LogP contribution in [-0.2, 0) is 65.4 Å². The molecule has 0 aliphatic carbocycles. The Labute approximate surface area is 492 Å². The molecule has 0 saturated heterocycles. The van der Waals surface area contributed by atoms with E-state index in [1.165, 1.54) is 135 Å². The van der Waals surface area contributed by atoms with Gasteiger partial charge in [0.25, 0.3) is 0 Å². The second kappa shape index (κ2) is 55.9. The maximum absolute atomic E-state index is 13.0. The summed E-state index contributed by atoms with van der Waals surface area (Å²) >= 11 is 0. The number of carbonyl (C=O) groups is 4. The number of ether oxygens (including phenoxy) is 4. The van der Waals surface area contributed by atoms with Crippen LogP contribution in [-0.4, -0.2) is 96.7 Å². The first-order valence-corrected chi connectivity index (χ1v) is 35.7. The van der Waals surface area contributed by atoms with Crippen LogP contribution in [0.15, 0.2) is 0 Å². The van der Waals surface area contributed by atoms with Crippen molar-refractivity contribution in [1.29, 1.82) is 0 Å². The summed E-state index contributed by atoms with van der Waals surface area (Å²) in [5, 5.41) is 10.5. The van der Waals surface area contributed by atoms with Gasteiger partial charge in [-0.15, -0.1) is 0 Å². The van der Waals surface area contributed by atoms with Crippen molar-refractivity contribution in [3.05, 3.63) is 0 Å². The quantitative estimate of drug-likeness (QED) is 0.0222. The van der Waals surface area contributed by atoms with Crippen molar-refractivity contribution in [2.75, 3.05) is 39.6 Å². The van der Waals surface area contributed by atoms with Gasteiger partial charge in [0.1, 0.15) is 19.3 Å². The molecule has 0 saturated carbocycles. The largest absolute Gasteiger partial charge is 0.472 e. The van der Waals surface area contributed by atoms with Gasteiger partial charge in [-0.25, -0.2) is 9.13 Å². The van der Waals surface area contributed by atoms with E-state index in [1.54, 1.807) is 0 Å². The normalized spacial score (nSPS) is 14.6. The average molecular weight is 1200 g/mol. The summed E-state index contributed by atoms with van der Waals surface area (Å²) in [6.07, 6.45) is 38.8. The van der Waals surface area contributed by atoms with Crippen molar-refractivity contribution in [3.63, 3.8) is 0 Å². The Balaban J connectivity index is 5.23. The lowest BCUT2D eigenvalue weighted by Gasteiger charge is -2.21. The van der Waals surface area contributed by atoms with E-state index in [-0.39, 0.29) is 25.7 Å². The minimum absolute atomic E-state index is 0.105. The molecule has 0 aromatic rings. The van der Waals surface area contributed by atoms with Crippen LogP contribution in [0.25, 0.3) is 0 Å². The minimum Gasteiger partial charge on any atom is -0.462 e. The number of aliphatic hydroxyl groups excluding tert-OH is 1. The molecule has 3 N–H and O–H groups in total. The topological polar surface area (TPSA) is 237 Å². The molecule has 0 aromatic heterocycles. The van der Waals surface area contributed by atoms with Crippen molar-refractivity contribution in [1.82, 2.24) is 0 Å². The molecule has 0 heterocycles. The molecule has 0 rings (SSSR count). The van der Waals surface area contributed by atoms with Crippen molar-refractivity contribution in [3.8, 4) is 0 Å². The third-order valence-electron chi connectivity index (χ3n) is 14.6. The average Bonchev–Trinajstić information content (AvgIpc) is 3.44. The first-order valence-electron chi connectivity index (χ1n) is 32.7. The number of phosphoric ester groups is 2. The van der Waals surface area contributed by atoms with Crippen molar-refractivity contribution in [2.45, 2.75) is 329 Å². The molecule has 480 valence electrons. The van der Waals surface area contributed by atoms with Gasteiger partial charge >= 0.3 is 39.5 Å². The second-order valence-corrected chi connectivity index (χ2v) is 25.6. The predicted molar refractivity (Wildman–Crippen MR) is 322 cm³/mol. The van der Waals surface area contributed by atoms with E-state index in [9.17, 15) is 43.2 Å². The molecule has 0 aromatic carbocycles. The number of phosphoric acid groups is 2. The van der Waals surface area contributed by atoms with Gasteiger partial charge in [-0.2, -0.15) is 0 Å². The lowest BCUT2D eigenvalue weighted by Crippen LogP contribution is -2.30. The van der Waals surface area contributed by atoms with Crippen molar-refractivity contribution in [2.24, 2.45) is 5.92 Å². The van der Waals surface area contributed by atoms with Crippen LogP contribution in [0.3, 0.4) is 0 Å². The fraction of sp³-hybridized carbons (Fsp3) is 0.935. The Morgan fingerprint density at radius 2 is 0.593 bits per heavy atom.